The van der Waals surface area contributed by atoms with Crippen LogP contribution in [0.3, 0.4) is 0 Å². The second kappa shape index (κ2) is 8.13. The number of ether oxygens (including phenoxy) is 1. The summed E-state index contributed by atoms with van der Waals surface area (Å²) in [5.41, 5.74) is 3.57. The fourth-order valence-electron chi connectivity index (χ4n) is 5.09. The van der Waals surface area contributed by atoms with Crippen LogP contribution >= 0.6 is 0 Å². The third-order valence-corrected chi connectivity index (χ3v) is 7.05. The average Bonchev–Trinajstić information content (AvgIpc) is 3.15. The molecule has 166 valence electrons. The molecule has 32 heavy (non-hydrogen) atoms. The Morgan fingerprint density at radius 3 is 2.69 bits per heavy atom. The summed E-state index contributed by atoms with van der Waals surface area (Å²) >= 11 is 0. The molecular formula is C25H27FN4O2. The zero-order valence-corrected chi connectivity index (χ0v) is 18.6. The van der Waals surface area contributed by atoms with E-state index in [9.17, 15) is 9.18 Å². The standard InChI is InChI=1S/C25H27FN4O2/c1-15-5-4-6-21(16(15)2)29-12-11-22-19(25(29)31)13-27-24-23(17-7-9-18(26)10-8-17)20(14-32-3)28-30(22)24/h7-13,15-16,21H,4-6,14H2,1-3H3/t15-,16-,21+/m0/s1. The van der Waals surface area contributed by atoms with Crippen LogP contribution in [0, 0.1) is 17.7 Å². The molecule has 3 atom stereocenters. The number of pyridine rings is 1. The van der Waals surface area contributed by atoms with Crippen LogP contribution in [-0.2, 0) is 11.3 Å². The van der Waals surface area contributed by atoms with Gasteiger partial charge in [0.15, 0.2) is 5.65 Å². The van der Waals surface area contributed by atoms with E-state index in [4.69, 9.17) is 9.84 Å². The lowest BCUT2D eigenvalue weighted by molar-refractivity contribution is 0.181. The van der Waals surface area contributed by atoms with E-state index in [0.29, 0.717) is 34.1 Å². The maximum atomic E-state index is 13.5. The van der Waals surface area contributed by atoms with E-state index in [0.717, 1.165) is 24.0 Å². The smallest absolute Gasteiger partial charge is 0.261 e. The van der Waals surface area contributed by atoms with Crippen LogP contribution in [-0.4, -0.2) is 26.3 Å². The van der Waals surface area contributed by atoms with Crippen molar-refractivity contribution in [2.24, 2.45) is 11.8 Å². The zero-order chi connectivity index (χ0) is 22.4. The molecule has 3 heterocycles. The molecule has 0 amide bonds. The lowest BCUT2D eigenvalue weighted by Crippen LogP contribution is -2.33. The minimum absolute atomic E-state index is 0.0324. The predicted octanol–water partition coefficient (Wildman–Crippen LogP) is 4.99. The maximum absolute atomic E-state index is 13.5. The maximum Gasteiger partial charge on any atom is 0.261 e. The Morgan fingerprint density at radius 1 is 1.16 bits per heavy atom. The van der Waals surface area contributed by atoms with Gasteiger partial charge in [0, 0.05) is 25.5 Å². The molecule has 1 fully saturated rings. The Hall–Kier alpha value is -3.06. The summed E-state index contributed by atoms with van der Waals surface area (Å²) in [5.74, 6) is 0.736. The Balaban J connectivity index is 1.70. The van der Waals surface area contributed by atoms with Crippen LogP contribution < -0.4 is 5.56 Å². The van der Waals surface area contributed by atoms with Gasteiger partial charge in [0.2, 0.25) is 0 Å². The lowest BCUT2D eigenvalue weighted by Gasteiger charge is -2.35. The predicted molar refractivity (Wildman–Crippen MR) is 122 cm³/mol. The topological polar surface area (TPSA) is 61.4 Å². The molecule has 1 aliphatic rings. The van der Waals surface area contributed by atoms with Gasteiger partial charge >= 0.3 is 0 Å². The largest absolute Gasteiger partial charge is 0.378 e. The van der Waals surface area contributed by atoms with Gasteiger partial charge in [0.05, 0.1) is 28.8 Å². The first-order valence-corrected chi connectivity index (χ1v) is 11.2. The molecule has 0 N–H and O–H groups in total. The molecule has 1 aliphatic carbocycles. The molecule has 7 heteroatoms. The highest BCUT2D eigenvalue weighted by Gasteiger charge is 2.29. The van der Waals surface area contributed by atoms with Crippen LogP contribution in [0.25, 0.3) is 27.7 Å². The van der Waals surface area contributed by atoms with Gasteiger partial charge in [-0.15, -0.1) is 0 Å². The Morgan fingerprint density at radius 2 is 1.94 bits per heavy atom. The fraction of sp³-hybridized carbons (Fsp3) is 0.400. The molecule has 4 aromatic rings. The molecule has 0 spiro atoms. The van der Waals surface area contributed by atoms with Crippen molar-refractivity contribution in [3.05, 3.63) is 64.6 Å². The molecule has 0 saturated heterocycles. The monoisotopic (exact) mass is 434 g/mol. The summed E-state index contributed by atoms with van der Waals surface area (Å²) in [4.78, 5) is 18.1. The van der Waals surface area contributed by atoms with E-state index in [1.165, 1.54) is 18.6 Å². The molecule has 0 radical (unpaired) electrons. The van der Waals surface area contributed by atoms with Gasteiger partial charge in [-0.3, -0.25) is 4.79 Å². The van der Waals surface area contributed by atoms with E-state index in [2.05, 4.69) is 18.8 Å². The third kappa shape index (κ3) is 3.32. The third-order valence-electron chi connectivity index (χ3n) is 7.05. The summed E-state index contributed by atoms with van der Waals surface area (Å²) in [6.07, 6.45) is 6.91. The van der Waals surface area contributed by atoms with Gasteiger partial charge in [-0.2, -0.15) is 5.10 Å². The van der Waals surface area contributed by atoms with Crippen molar-refractivity contribution in [3.63, 3.8) is 0 Å². The summed E-state index contributed by atoms with van der Waals surface area (Å²) in [7, 11) is 1.61. The van der Waals surface area contributed by atoms with Crippen LogP contribution in [0.1, 0.15) is 44.8 Å². The van der Waals surface area contributed by atoms with E-state index in [1.54, 1.807) is 30.0 Å². The second-order valence-electron chi connectivity index (χ2n) is 8.92. The molecule has 0 aliphatic heterocycles. The fourth-order valence-corrected chi connectivity index (χ4v) is 5.09. The summed E-state index contributed by atoms with van der Waals surface area (Å²) < 4.78 is 22.4. The highest BCUT2D eigenvalue weighted by atomic mass is 19.1. The Labute approximate surface area is 185 Å². The molecule has 0 bridgehead atoms. The number of benzene rings is 1. The van der Waals surface area contributed by atoms with E-state index < -0.39 is 0 Å². The average molecular weight is 435 g/mol. The minimum atomic E-state index is -0.302. The first kappa shape index (κ1) is 20.8. The number of fused-ring (bicyclic) bond motifs is 3. The normalized spacial score (nSPS) is 21.4. The van der Waals surface area contributed by atoms with Gasteiger partial charge < -0.3 is 9.30 Å². The van der Waals surface area contributed by atoms with Gasteiger partial charge in [0.25, 0.3) is 5.56 Å². The van der Waals surface area contributed by atoms with Crippen LogP contribution in [0.4, 0.5) is 4.39 Å². The van der Waals surface area contributed by atoms with Crippen molar-refractivity contribution in [2.75, 3.05) is 7.11 Å². The first-order valence-electron chi connectivity index (χ1n) is 11.2. The minimum Gasteiger partial charge on any atom is -0.378 e. The van der Waals surface area contributed by atoms with E-state index in [1.807, 2.05) is 16.8 Å². The molecule has 6 nitrogen and oxygen atoms in total. The van der Waals surface area contributed by atoms with Gasteiger partial charge in [-0.1, -0.05) is 38.8 Å². The number of rotatable bonds is 4. The van der Waals surface area contributed by atoms with Crippen molar-refractivity contribution in [2.45, 2.75) is 45.8 Å². The van der Waals surface area contributed by atoms with Crippen molar-refractivity contribution in [3.8, 4) is 11.1 Å². The molecular weight excluding hydrogens is 407 g/mol. The number of hydrogen-bond donors (Lipinski definition) is 0. The zero-order valence-electron chi connectivity index (χ0n) is 18.6. The Kier molecular flexibility index (Phi) is 5.29. The number of methoxy groups -OCH3 is 1. The summed E-state index contributed by atoms with van der Waals surface area (Å²) in [6.45, 7) is 4.80. The van der Waals surface area contributed by atoms with Crippen molar-refractivity contribution >= 4 is 16.6 Å². The van der Waals surface area contributed by atoms with Crippen molar-refractivity contribution in [1.29, 1.82) is 0 Å². The number of aromatic nitrogens is 4. The van der Waals surface area contributed by atoms with Crippen LogP contribution in [0.5, 0.6) is 0 Å². The molecule has 0 unspecified atom stereocenters. The highest BCUT2D eigenvalue weighted by Crippen LogP contribution is 2.37. The molecule has 1 aromatic carbocycles. The number of hydrogen-bond acceptors (Lipinski definition) is 4. The van der Waals surface area contributed by atoms with Crippen molar-refractivity contribution < 1.29 is 9.13 Å². The van der Waals surface area contributed by atoms with Gasteiger partial charge in [0.1, 0.15) is 5.82 Å². The molecule has 5 rings (SSSR count). The summed E-state index contributed by atoms with van der Waals surface area (Å²) in [5, 5.41) is 5.27. The summed E-state index contributed by atoms with van der Waals surface area (Å²) in [6, 6.07) is 8.41. The van der Waals surface area contributed by atoms with Gasteiger partial charge in [-0.05, 0) is 42.0 Å². The lowest BCUT2D eigenvalue weighted by atomic mass is 9.78. The first-order chi connectivity index (χ1) is 15.5. The quantitative estimate of drug-likeness (QED) is 0.454. The van der Waals surface area contributed by atoms with Gasteiger partial charge in [-0.25, -0.2) is 13.9 Å². The number of nitrogens with zero attached hydrogens (tertiary/aromatic N) is 4. The Bertz CT molecular complexity index is 1340. The second-order valence-corrected chi connectivity index (χ2v) is 8.92. The highest BCUT2D eigenvalue weighted by molar-refractivity contribution is 5.86. The van der Waals surface area contributed by atoms with Crippen LogP contribution in [0.15, 0.2) is 47.5 Å². The van der Waals surface area contributed by atoms with E-state index in [-0.39, 0.29) is 24.0 Å². The number of halogens is 1. The molecule has 1 saturated carbocycles. The van der Waals surface area contributed by atoms with Crippen molar-refractivity contribution in [1.82, 2.24) is 19.2 Å². The van der Waals surface area contributed by atoms with E-state index >= 15 is 0 Å². The van der Waals surface area contributed by atoms with Crippen LogP contribution in [0.2, 0.25) is 0 Å². The molecule has 3 aromatic heterocycles. The SMILES string of the molecule is COCc1nn2c(ncc3c(=O)n([C@@H]4CCC[C@H](C)[C@@H]4C)ccc32)c1-c1ccc(F)cc1.